The summed E-state index contributed by atoms with van der Waals surface area (Å²) in [7, 11) is 3.68. The van der Waals surface area contributed by atoms with Gasteiger partial charge < -0.3 is 4.74 Å². The molecular weight excluding hydrogens is 250 g/mol. The summed E-state index contributed by atoms with van der Waals surface area (Å²) < 4.78 is 5.27. The molecule has 0 aliphatic heterocycles. The molecule has 1 fully saturated rings. The highest BCUT2D eigenvalue weighted by atomic mass is 16.5. The summed E-state index contributed by atoms with van der Waals surface area (Å²) >= 11 is 0. The number of carbonyl (C=O) groups excluding carboxylic acids is 1. The third kappa shape index (κ3) is 3.83. The Morgan fingerprint density at radius 3 is 2.50 bits per heavy atom. The number of likely N-dealkylation sites (N-methyl/N-ethyl adjacent to an activating group) is 1. The third-order valence-corrected chi connectivity index (χ3v) is 4.25. The summed E-state index contributed by atoms with van der Waals surface area (Å²) in [5.74, 6) is 0.820. The molecule has 1 aliphatic carbocycles. The Hall–Kier alpha value is -1.35. The predicted octanol–water partition coefficient (Wildman–Crippen LogP) is 3.53. The Bertz CT molecular complexity index is 436. The van der Waals surface area contributed by atoms with Crippen molar-refractivity contribution in [2.45, 2.75) is 44.6 Å². The predicted molar refractivity (Wildman–Crippen MR) is 81.4 cm³/mol. The van der Waals surface area contributed by atoms with E-state index in [1.165, 1.54) is 38.5 Å². The molecule has 0 aromatic heterocycles. The lowest BCUT2D eigenvalue weighted by molar-refractivity contribution is 0.0909. The highest BCUT2D eigenvalue weighted by molar-refractivity contribution is 6.00. The van der Waals surface area contributed by atoms with Crippen LogP contribution < -0.4 is 4.74 Å². The molecule has 0 radical (unpaired) electrons. The number of benzene rings is 1. The maximum atomic E-state index is 12.4. The first-order chi connectivity index (χ1) is 9.72. The molecule has 2 rings (SSSR count). The van der Waals surface area contributed by atoms with Crippen molar-refractivity contribution >= 4 is 5.78 Å². The maximum absolute atomic E-state index is 12.4. The summed E-state index contributed by atoms with van der Waals surface area (Å²) in [6, 6.07) is 8.03. The quantitative estimate of drug-likeness (QED) is 0.608. The van der Waals surface area contributed by atoms with Gasteiger partial charge in [0.2, 0.25) is 0 Å². The maximum Gasteiger partial charge on any atom is 0.180 e. The highest BCUT2D eigenvalue weighted by Crippen LogP contribution is 2.22. The zero-order valence-electron chi connectivity index (χ0n) is 12.6. The fraction of sp³-hybridized carbons (Fsp3) is 0.588. The van der Waals surface area contributed by atoms with E-state index in [1.807, 2.05) is 24.3 Å². The average Bonchev–Trinajstić information content (AvgIpc) is 2.76. The summed E-state index contributed by atoms with van der Waals surface area (Å²) in [6.07, 6.45) is 7.69. The summed E-state index contributed by atoms with van der Waals surface area (Å²) in [6.45, 7) is 0.477. The van der Waals surface area contributed by atoms with Gasteiger partial charge in [0.1, 0.15) is 5.75 Å². The topological polar surface area (TPSA) is 29.5 Å². The molecule has 0 spiro atoms. The van der Waals surface area contributed by atoms with Crippen molar-refractivity contribution in [3.8, 4) is 5.75 Å². The molecule has 110 valence electrons. The number of Topliss-reactive ketones (excluding diaryl/α,β-unsaturated/α-hetero) is 1. The minimum absolute atomic E-state index is 0.147. The number of ether oxygens (including phenoxy) is 1. The van der Waals surface area contributed by atoms with Crippen LogP contribution in [0.1, 0.15) is 48.9 Å². The van der Waals surface area contributed by atoms with Gasteiger partial charge in [-0.05, 0) is 32.0 Å². The second kappa shape index (κ2) is 7.44. The number of para-hydroxylation sites is 1. The van der Waals surface area contributed by atoms with Crippen LogP contribution in [0, 0.1) is 0 Å². The number of carbonyl (C=O) groups is 1. The van der Waals surface area contributed by atoms with Crippen LogP contribution in [0.5, 0.6) is 5.75 Å². The lowest BCUT2D eigenvalue weighted by Crippen LogP contribution is -2.35. The first-order valence-corrected chi connectivity index (χ1v) is 7.59. The molecule has 0 atom stereocenters. The van der Waals surface area contributed by atoms with E-state index in [0.717, 1.165) is 0 Å². The summed E-state index contributed by atoms with van der Waals surface area (Å²) in [5.41, 5.74) is 0.690. The minimum atomic E-state index is 0.147. The van der Waals surface area contributed by atoms with Gasteiger partial charge in [-0.1, -0.05) is 37.8 Å². The molecule has 0 N–H and O–H groups in total. The summed E-state index contributed by atoms with van der Waals surface area (Å²) in [5, 5.41) is 0. The van der Waals surface area contributed by atoms with E-state index in [9.17, 15) is 4.79 Å². The van der Waals surface area contributed by atoms with Gasteiger partial charge in [0.15, 0.2) is 5.78 Å². The zero-order chi connectivity index (χ0) is 14.4. The van der Waals surface area contributed by atoms with Gasteiger partial charge >= 0.3 is 0 Å². The lowest BCUT2D eigenvalue weighted by Gasteiger charge is -2.26. The van der Waals surface area contributed by atoms with Gasteiger partial charge in [0.25, 0.3) is 0 Å². The number of hydrogen-bond donors (Lipinski definition) is 0. The number of hydrogen-bond acceptors (Lipinski definition) is 3. The Morgan fingerprint density at radius 1 is 1.20 bits per heavy atom. The number of ketones is 1. The Kier molecular flexibility index (Phi) is 5.60. The molecule has 1 aromatic carbocycles. The van der Waals surface area contributed by atoms with Gasteiger partial charge in [-0.3, -0.25) is 9.69 Å². The number of nitrogens with zero attached hydrogens (tertiary/aromatic N) is 1. The fourth-order valence-electron chi connectivity index (χ4n) is 3.01. The van der Waals surface area contributed by atoms with E-state index in [-0.39, 0.29) is 5.78 Å². The van der Waals surface area contributed by atoms with Crippen LogP contribution in [0.4, 0.5) is 0 Å². The van der Waals surface area contributed by atoms with Gasteiger partial charge in [0.05, 0.1) is 19.2 Å². The van der Waals surface area contributed by atoms with Crippen molar-refractivity contribution < 1.29 is 9.53 Å². The molecule has 3 nitrogen and oxygen atoms in total. The lowest BCUT2D eigenvalue weighted by atomic mass is 10.1. The molecule has 0 saturated heterocycles. The normalized spacial score (nSPS) is 16.9. The van der Waals surface area contributed by atoms with Crippen molar-refractivity contribution in [3.63, 3.8) is 0 Å². The third-order valence-electron chi connectivity index (χ3n) is 4.25. The van der Waals surface area contributed by atoms with Crippen LogP contribution in [0.15, 0.2) is 24.3 Å². The summed E-state index contributed by atoms with van der Waals surface area (Å²) in [4.78, 5) is 14.7. The van der Waals surface area contributed by atoms with Crippen LogP contribution in [0.25, 0.3) is 0 Å². The first-order valence-electron chi connectivity index (χ1n) is 7.59. The van der Waals surface area contributed by atoms with Gasteiger partial charge in [-0.25, -0.2) is 0 Å². The Balaban J connectivity index is 1.99. The fourth-order valence-corrected chi connectivity index (χ4v) is 3.01. The monoisotopic (exact) mass is 275 g/mol. The SMILES string of the molecule is COc1ccccc1C(=O)CN(C)C1CCCCCC1. The van der Waals surface area contributed by atoms with E-state index < -0.39 is 0 Å². The molecule has 1 aromatic rings. The van der Waals surface area contributed by atoms with Crippen LogP contribution >= 0.6 is 0 Å². The molecule has 1 aliphatic rings. The average molecular weight is 275 g/mol. The number of methoxy groups -OCH3 is 1. The first kappa shape index (κ1) is 15.0. The van der Waals surface area contributed by atoms with Crippen molar-refractivity contribution in [1.82, 2.24) is 4.90 Å². The van der Waals surface area contributed by atoms with E-state index in [2.05, 4.69) is 11.9 Å². The van der Waals surface area contributed by atoms with Crippen LogP contribution in [0.2, 0.25) is 0 Å². The molecule has 3 heteroatoms. The van der Waals surface area contributed by atoms with E-state index in [4.69, 9.17) is 4.74 Å². The van der Waals surface area contributed by atoms with Crippen LogP contribution in [0.3, 0.4) is 0 Å². The largest absolute Gasteiger partial charge is 0.496 e. The van der Waals surface area contributed by atoms with Gasteiger partial charge in [-0.2, -0.15) is 0 Å². The molecular formula is C17H25NO2. The van der Waals surface area contributed by atoms with Crippen molar-refractivity contribution in [1.29, 1.82) is 0 Å². The van der Waals surface area contributed by atoms with Crippen LogP contribution in [-0.4, -0.2) is 37.4 Å². The Morgan fingerprint density at radius 2 is 1.85 bits per heavy atom. The van der Waals surface area contributed by atoms with Crippen molar-refractivity contribution in [2.75, 3.05) is 20.7 Å². The van der Waals surface area contributed by atoms with E-state index in [1.54, 1.807) is 7.11 Å². The zero-order valence-corrected chi connectivity index (χ0v) is 12.6. The van der Waals surface area contributed by atoms with Gasteiger partial charge in [-0.15, -0.1) is 0 Å². The molecule has 20 heavy (non-hydrogen) atoms. The second-order valence-electron chi connectivity index (χ2n) is 5.68. The molecule has 0 heterocycles. The molecule has 0 unspecified atom stereocenters. The Labute approximate surface area is 121 Å². The smallest absolute Gasteiger partial charge is 0.180 e. The van der Waals surface area contributed by atoms with Crippen molar-refractivity contribution in [3.05, 3.63) is 29.8 Å². The standard InChI is InChI=1S/C17H25NO2/c1-18(14-9-5-3-4-6-10-14)13-16(19)15-11-7-8-12-17(15)20-2/h7-8,11-12,14H,3-6,9-10,13H2,1-2H3. The second-order valence-corrected chi connectivity index (χ2v) is 5.68. The molecule has 1 saturated carbocycles. The molecule has 0 bridgehead atoms. The molecule has 0 amide bonds. The minimum Gasteiger partial charge on any atom is -0.496 e. The van der Waals surface area contributed by atoms with E-state index in [0.29, 0.717) is 23.9 Å². The van der Waals surface area contributed by atoms with E-state index >= 15 is 0 Å². The van der Waals surface area contributed by atoms with Crippen LogP contribution in [-0.2, 0) is 0 Å². The van der Waals surface area contributed by atoms with Crippen molar-refractivity contribution in [2.24, 2.45) is 0 Å². The number of rotatable bonds is 5. The van der Waals surface area contributed by atoms with Gasteiger partial charge in [0, 0.05) is 6.04 Å². The highest BCUT2D eigenvalue weighted by Gasteiger charge is 2.20.